The molecule has 4 aromatic rings. The molecule has 0 fully saturated rings. The number of rotatable bonds is 16. The molecule has 6 heteroatoms. The topological polar surface area (TPSA) is 50.2 Å². The SMILES string of the molecule is CCC(C)(CC)C(=O)/C=C(\O)C(C)(CC)CC.Cc1c([Si](CC(C)C)(CC(C)C)CC(C)C)sc2c(-c3[c-]c4ccccc4c(C(C)C)c3)nccc12.[Ir]. The molecular formula is C48H72IrNO2SSi-. The van der Waals surface area contributed by atoms with Crippen molar-refractivity contribution < 1.29 is 30.0 Å². The maximum Gasteiger partial charge on any atom is 0.164 e. The number of aryl methyl sites for hydroxylation is 1. The van der Waals surface area contributed by atoms with Gasteiger partial charge in [-0.3, -0.25) is 9.78 Å². The summed E-state index contributed by atoms with van der Waals surface area (Å²) in [6.45, 7) is 33.6. The number of aliphatic hydroxyl groups excluding tert-OH is 1. The molecule has 0 aliphatic heterocycles. The van der Waals surface area contributed by atoms with Crippen molar-refractivity contribution in [3.05, 3.63) is 71.6 Å². The van der Waals surface area contributed by atoms with E-state index in [2.05, 4.69) is 116 Å². The van der Waals surface area contributed by atoms with Gasteiger partial charge in [-0.15, -0.1) is 29.1 Å². The van der Waals surface area contributed by atoms with E-state index in [-0.39, 0.29) is 42.5 Å². The van der Waals surface area contributed by atoms with Gasteiger partial charge in [0.1, 0.15) is 13.8 Å². The molecule has 0 aliphatic rings. The van der Waals surface area contributed by atoms with Crippen molar-refractivity contribution in [2.75, 3.05) is 0 Å². The van der Waals surface area contributed by atoms with E-state index in [0.717, 1.165) is 54.7 Å². The van der Waals surface area contributed by atoms with E-state index in [9.17, 15) is 9.90 Å². The molecule has 4 rings (SSSR count). The van der Waals surface area contributed by atoms with E-state index in [1.54, 1.807) is 4.50 Å². The van der Waals surface area contributed by atoms with Crippen molar-refractivity contribution >= 4 is 50.6 Å². The number of fused-ring (bicyclic) bond motifs is 2. The zero-order valence-corrected chi connectivity index (χ0v) is 40.6. The first-order chi connectivity index (χ1) is 24.8. The monoisotopic (exact) mass is 947 g/mol. The number of nitrogens with zero attached hydrogens (tertiary/aromatic N) is 1. The maximum atomic E-state index is 12.2. The average molecular weight is 947 g/mol. The van der Waals surface area contributed by atoms with Crippen LogP contribution in [0.4, 0.5) is 0 Å². The van der Waals surface area contributed by atoms with Gasteiger partial charge in [0, 0.05) is 53.6 Å². The minimum atomic E-state index is -1.70. The number of pyridine rings is 1. The number of ketones is 1. The van der Waals surface area contributed by atoms with Crippen molar-refractivity contribution in [1.82, 2.24) is 4.98 Å². The van der Waals surface area contributed by atoms with Gasteiger partial charge in [-0.25, -0.2) is 0 Å². The summed E-state index contributed by atoms with van der Waals surface area (Å²) in [5.41, 5.74) is 4.56. The smallest absolute Gasteiger partial charge is 0.164 e. The average Bonchev–Trinajstić information content (AvgIpc) is 3.46. The molecule has 0 spiro atoms. The Morgan fingerprint density at radius 2 is 1.35 bits per heavy atom. The van der Waals surface area contributed by atoms with E-state index in [4.69, 9.17) is 4.98 Å². The maximum absolute atomic E-state index is 12.2. The van der Waals surface area contributed by atoms with Crippen LogP contribution in [-0.2, 0) is 24.9 Å². The number of aliphatic hydroxyl groups is 1. The number of allylic oxidation sites excluding steroid dienone is 2. The van der Waals surface area contributed by atoms with Gasteiger partial charge in [0.15, 0.2) is 5.78 Å². The Morgan fingerprint density at radius 3 is 1.83 bits per heavy atom. The Hall–Kier alpha value is -2.11. The quantitative estimate of drug-likeness (QED) is 0.0527. The molecule has 1 N–H and O–H groups in total. The Bertz CT molecular complexity index is 1820. The van der Waals surface area contributed by atoms with E-state index in [0.29, 0.717) is 5.92 Å². The molecule has 2 aromatic carbocycles. The largest absolute Gasteiger partial charge is 0.512 e. The number of carbonyl (C=O) groups excluding carboxylic acids is 1. The third-order valence-corrected chi connectivity index (χ3v) is 20.9. The Balaban J connectivity index is 0.000000477. The fourth-order valence-corrected chi connectivity index (χ4v) is 17.9. The van der Waals surface area contributed by atoms with Crippen molar-refractivity contribution in [1.29, 1.82) is 0 Å². The summed E-state index contributed by atoms with van der Waals surface area (Å²) in [5, 5.41) is 14.0. The van der Waals surface area contributed by atoms with Crippen LogP contribution in [0.5, 0.6) is 0 Å². The van der Waals surface area contributed by atoms with Gasteiger partial charge >= 0.3 is 0 Å². The zero-order valence-electron chi connectivity index (χ0n) is 36.4. The summed E-state index contributed by atoms with van der Waals surface area (Å²) < 4.78 is 3.09. The van der Waals surface area contributed by atoms with E-state index in [1.807, 2.05) is 47.7 Å². The van der Waals surface area contributed by atoms with Gasteiger partial charge in [0.2, 0.25) is 0 Å². The van der Waals surface area contributed by atoms with Crippen LogP contribution in [0.25, 0.3) is 32.1 Å². The molecule has 0 aliphatic carbocycles. The summed E-state index contributed by atoms with van der Waals surface area (Å²) in [5.74, 6) is 2.90. The van der Waals surface area contributed by atoms with Crippen LogP contribution in [0, 0.1) is 41.6 Å². The van der Waals surface area contributed by atoms with Crippen LogP contribution in [0.15, 0.2) is 54.4 Å². The normalized spacial score (nSPS) is 12.9. The number of hydrogen-bond acceptors (Lipinski definition) is 4. The van der Waals surface area contributed by atoms with Crippen molar-refractivity contribution in [3.63, 3.8) is 0 Å². The second-order valence-corrected chi connectivity index (χ2v) is 23.6. The fourth-order valence-electron chi connectivity index (χ4n) is 8.26. The van der Waals surface area contributed by atoms with Gasteiger partial charge in [0.05, 0.1) is 0 Å². The van der Waals surface area contributed by atoms with Crippen LogP contribution in [0.3, 0.4) is 0 Å². The van der Waals surface area contributed by atoms with Gasteiger partial charge in [0.25, 0.3) is 0 Å². The van der Waals surface area contributed by atoms with Gasteiger partial charge in [-0.1, -0.05) is 144 Å². The summed E-state index contributed by atoms with van der Waals surface area (Å²) in [6.07, 6.45) is 6.78. The van der Waals surface area contributed by atoms with E-state index < -0.39 is 8.07 Å². The molecule has 2 heterocycles. The van der Waals surface area contributed by atoms with Crippen LogP contribution < -0.4 is 4.50 Å². The van der Waals surface area contributed by atoms with Crippen LogP contribution in [0.2, 0.25) is 18.1 Å². The van der Waals surface area contributed by atoms with Gasteiger partial charge in [-0.05, 0) is 77.8 Å². The molecule has 301 valence electrons. The molecule has 1 radical (unpaired) electrons. The molecule has 0 saturated carbocycles. The molecule has 3 nitrogen and oxygen atoms in total. The minimum absolute atomic E-state index is 0. The first-order valence-corrected chi connectivity index (χ1v) is 24.0. The molecule has 0 saturated heterocycles. The number of benzene rings is 2. The number of hydrogen-bond donors (Lipinski definition) is 1. The second-order valence-electron chi connectivity index (χ2n) is 17.9. The van der Waals surface area contributed by atoms with Crippen molar-refractivity contribution in [2.45, 2.75) is 154 Å². The molecule has 2 aromatic heterocycles. The molecule has 54 heavy (non-hydrogen) atoms. The second kappa shape index (κ2) is 20.3. The fraction of sp³-hybridized carbons (Fsp3) is 0.583. The molecular weight excluding hydrogens is 875 g/mol. The summed E-state index contributed by atoms with van der Waals surface area (Å²) >= 11 is 2.08. The summed E-state index contributed by atoms with van der Waals surface area (Å²) in [6, 6.07) is 21.2. The molecule has 0 atom stereocenters. The number of aromatic nitrogens is 1. The predicted octanol–water partition coefficient (Wildman–Crippen LogP) is 14.6. The third-order valence-electron chi connectivity index (χ3n) is 12.0. The standard InChI is InChI=1S/C33H44NSSi.C15H28O2.Ir/c1-21(2)18-36(19-22(3)4,20-23(5)6)33-25(9)28-14-15-34-31(32(28)35-33)27-16-26-12-10-11-13-29(26)30(17-27)24(7)8;1-7-14(5,8-2)12(16)11-13(17)15(6,9-3)10-4;/h10-15,17,21-24H,18-20H2,1-9H3;11,16H,7-10H2,1-6H3;/q-1;;/b;12-11-;. The Labute approximate surface area is 348 Å². The predicted molar refractivity (Wildman–Crippen MR) is 238 cm³/mol. The Morgan fingerprint density at radius 1 is 0.833 bits per heavy atom. The first-order valence-electron chi connectivity index (χ1n) is 20.6. The van der Waals surface area contributed by atoms with Crippen molar-refractivity contribution in [3.8, 4) is 11.3 Å². The minimum Gasteiger partial charge on any atom is -0.512 e. The molecule has 0 unspecified atom stereocenters. The van der Waals surface area contributed by atoms with E-state index >= 15 is 0 Å². The third kappa shape index (κ3) is 11.0. The van der Waals surface area contributed by atoms with Crippen molar-refractivity contribution in [2.24, 2.45) is 28.6 Å². The zero-order chi connectivity index (χ0) is 39.9. The summed E-state index contributed by atoms with van der Waals surface area (Å²) in [4.78, 5) is 17.2. The number of carbonyl (C=O) groups is 1. The number of thiophene rings is 1. The van der Waals surface area contributed by atoms with Gasteiger partial charge in [-0.2, -0.15) is 11.3 Å². The Kier molecular flexibility index (Phi) is 18.1. The molecule has 0 bridgehead atoms. The van der Waals surface area contributed by atoms with E-state index in [1.165, 1.54) is 56.2 Å². The van der Waals surface area contributed by atoms with Crippen LogP contribution in [-0.4, -0.2) is 23.9 Å². The van der Waals surface area contributed by atoms with Gasteiger partial charge < -0.3 is 5.11 Å². The first kappa shape index (κ1) is 48.0. The molecule has 0 amide bonds. The van der Waals surface area contributed by atoms with Crippen LogP contribution in [0.1, 0.15) is 140 Å². The summed E-state index contributed by atoms with van der Waals surface area (Å²) in [7, 11) is -1.70. The van der Waals surface area contributed by atoms with Crippen LogP contribution >= 0.6 is 11.3 Å².